The zero-order chi connectivity index (χ0) is 15.5. The summed E-state index contributed by atoms with van der Waals surface area (Å²) in [5.41, 5.74) is 2.47. The van der Waals surface area contributed by atoms with Crippen molar-refractivity contribution in [3.05, 3.63) is 47.3 Å². The van der Waals surface area contributed by atoms with Crippen LogP contribution in [0.25, 0.3) is 0 Å². The fraction of sp³-hybridized carbons (Fsp3) is 0.500. The van der Waals surface area contributed by atoms with Crippen LogP contribution >= 0.6 is 11.8 Å². The minimum atomic E-state index is 0.398. The summed E-state index contributed by atoms with van der Waals surface area (Å²) in [5, 5.41) is 4.32. The lowest BCUT2D eigenvalue weighted by Crippen LogP contribution is -2.22. The molecule has 2 heterocycles. The molecule has 3 rings (SSSR count). The number of likely N-dealkylation sites (tertiary alicyclic amines) is 1. The van der Waals surface area contributed by atoms with Gasteiger partial charge in [0.2, 0.25) is 0 Å². The molecule has 1 fully saturated rings. The number of thioether (sulfide) groups is 1. The molecule has 4 heteroatoms. The van der Waals surface area contributed by atoms with Crippen LogP contribution in [-0.4, -0.2) is 22.9 Å². The molecule has 1 aliphatic rings. The van der Waals surface area contributed by atoms with Crippen molar-refractivity contribution in [2.75, 3.05) is 12.8 Å². The summed E-state index contributed by atoms with van der Waals surface area (Å²) in [7, 11) is 0. The SMILES string of the molecule is CSc1ccc(CN2CCC[C@@H]2c2cc(C(C)C)on2)cc1. The molecule has 1 aliphatic heterocycles. The van der Waals surface area contributed by atoms with Crippen LogP contribution in [0, 0.1) is 0 Å². The van der Waals surface area contributed by atoms with Crippen molar-refractivity contribution in [1.82, 2.24) is 10.1 Å². The fourth-order valence-corrected chi connectivity index (χ4v) is 3.46. The van der Waals surface area contributed by atoms with Gasteiger partial charge >= 0.3 is 0 Å². The first-order valence-electron chi connectivity index (χ1n) is 8.01. The lowest BCUT2D eigenvalue weighted by molar-refractivity contribution is 0.236. The van der Waals surface area contributed by atoms with E-state index in [1.807, 2.05) is 0 Å². The molecule has 0 aliphatic carbocycles. The largest absolute Gasteiger partial charge is 0.361 e. The standard InChI is InChI=1S/C18H24N2OS/c1-13(2)18-11-16(19-21-18)17-5-4-10-20(17)12-14-6-8-15(22-3)9-7-14/h6-9,11,13,17H,4-5,10,12H2,1-3H3/t17-/m1/s1. The Hall–Kier alpha value is -1.26. The van der Waals surface area contributed by atoms with Crippen LogP contribution in [0.1, 0.15) is 55.7 Å². The lowest BCUT2D eigenvalue weighted by Gasteiger charge is -2.22. The van der Waals surface area contributed by atoms with Crippen molar-refractivity contribution in [2.24, 2.45) is 0 Å². The van der Waals surface area contributed by atoms with Gasteiger partial charge < -0.3 is 4.52 Å². The molecular formula is C18H24N2OS. The molecule has 1 atom stereocenters. The van der Waals surface area contributed by atoms with Gasteiger partial charge in [-0.05, 0) is 43.3 Å². The molecule has 3 nitrogen and oxygen atoms in total. The molecule has 0 unspecified atom stereocenters. The Morgan fingerprint density at radius 1 is 1.32 bits per heavy atom. The van der Waals surface area contributed by atoms with Gasteiger partial charge in [-0.3, -0.25) is 4.90 Å². The van der Waals surface area contributed by atoms with Gasteiger partial charge in [-0.1, -0.05) is 31.1 Å². The second kappa shape index (κ2) is 6.88. The Kier molecular flexibility index (Phi) is 4.89. The maximum Gasteiger partial charge on any atom is 0.139 e. The Morgan fingerprint density at radius 2 is 2.09 bits per heavy atom. The average molecular weight is 316 g/mol. The molecule has 1 aromatic carbocycles. The molecule has 0 saturated carbocycles. The van der Waals surface area contributed by atoms with Crippen molar-refractivity contribution in [2.45, 2.75) is 50.1 Å². The highest BCUT2D eigenvalue weighted by Gasteiger charge is 2.28. The van der Waals surface area contributed by atoms with E-state index >= 15 is 0 Å². The van der Waals surface area contributed by atoms with Crippen molar-refractivity contribution in [3.63, 3.8) is 0 Å². The molecule has 1 saturated heterocycles. The van der Waals surface area contributed by atoms with Crippen LogP contribution in [0.3, 0.4) is 0 Å². The second-order valence-corrected chi connectivity index (χ2v) is 7.17. The molecule has 0 spiro atoms. The molecule has 22 heavy (non-hydrogen) atoms. The predicted molar refractivity (Wildman–Crippen MR) is 91.2 cm³/mol. The van der Waals surface area contributed by atoms with Crippen LogP contribution < -0.4 is 0 Å². The Balaban J connectivity index is 1.71. The Labute approximate surface area is 137 Å². The third kappa shape index (κ3) is 3.39. The van der Waals surface area contributed by atoms with Crippen LogP contribution in [0.15, 0.2) is 39.8 Å². The fourth-order valence-electron chi connectivity index (χ4n) is 3.05. The number of aromatic nitrogens is 1. The average Bonchev–Trinajstić information content (AvgIpc) is 3.16. The van der Waals surface area contributed by atoms with E-state index in [-0.39, 0.29) is 0 Å². The van der Waals surface area contributed by atoms with E-state index in [0.29, 0.717) is 12.0 Å². The van der Waals surface area contributed by atoms with Gasteiger partial charge in [-0.2, -0.15) is 0 Å². The summed E-state index contributed by atoms with van der Waals surface area (Å²) in [6.07, 6.45) is 4.52. The highest BCUT2D eigenvalue weighted by Crippen LogP contribution is 2.33. The summed E-state index contributed by atoms with van der Waals surface area (Å²) in [6.45, 7) is 6.41. The number of hydrogen-bond donors (Lipinski definition) is 0. The second-order valence-electron chi connectivity index (χ2n) is 6.29. The first kappa shape index (κ1) is 15.6. The third-order valence-corrected chi connectivity index (χ3v) is 5.11. The van der Waals surface area contributed by atoms with Crippen molar-refractivity contribution in [3.8, 4) is 0 Å². The quantitative estimate of drug-likeness (QED) is 0.737. The Morgan fingerprint density at radius 3 is 2.73 bits per heavy atom. The molecule has 0 amide bonds. The van der Waals surface area contributed by atoms with Crippen molar-refractivity contribution < 1.29 is 4.52 Å². The van der Waals surface area contributed by atoms with Crippen molar-refractivity contribution in [1.29, 1.82) is 0 Å². The summed E-state index contributed by atoms with van der Waals surface area (Å²) in [5.74, 6) is 1.39. The van der Waals surface area contributed by atoms with Crippen LogP contribution in [0.5, 0.6) is 0 Å². The number of rotatable bonds is 5. The van der Waals surface area contributed by atoms with E-state index in [4.69, 9.17) is 4.52 Å². The van der Waals surface area contributed by atoms with Crippen LogP contribution in [0.2, 0.25) is 0 Å². The first-order valence-corrected chi connectivity index (χ1v) is 9.23. The molecule has 0 bridgehead atoms. The highest BCUT2D eigenvalue weighted by atomic mass is 32.2. The van der Waals surface area contributed by atoms with E-state index in [2.05, 4.69) is 60.5 Å². The van der Waals surface area contributed by atoms with E-state index < -0.39 is 0 Å². The van der Waals surface area contributed by atoms with Gasteiger partial charge in [-0.25, -0.2) is 0 Å². The Bertz CT molecular complexity index is 606. The zero-order valence-corrected chi connectivity index (χ0v) is 14.4. The third-order valence-electron chi connectivity index (χ3n) is 4.37. The maximum atomic E-state index is 5.49. The van der Waals surface area contributed by atoms with Gasteiger partial charge in [-0.15, -0.1) is 11.8 Å². The number of benzene rings is 1. The van der Waals surface area contributed by atoms with Gasteiger partial charge in [0.25, 0.3) is 0 Å². The summed E-state index contributed by atoms with van der Waals surface area (Å²) in [4.78, 5) is 3.84. The zero-order valence-electron chi connectivity index (χ0n) is 13.6. The molecule has 0 radical (unpaired) electrons. The molecule has 118 valence electrons. The van der Waals surface area contributed by atoms with E-state index in [1.54, 1.807) is 11.8 Å². The summed E-state index contributed by atoms with van der Waals surface area (Å²) >= 11 is 1.79. The van der Waals surface area contributed by atoms with E-state index in [1.165, 1.54) is 23.3 Å². The topological polar surface area (TPSA) is 29.3 Å². The first-order chi connectivity index (χ1) is 10.7. The highest BCUT2D eigenvalue weighted by molar-refractivity contribution is 7.98. The van der Waals surface area contributed by atoms with E-state index in [9.17, 15) is 0 Å². The summed E-state index contributed by atoms with van der Waals surface area (Å²) in [6, 6.07) is 11.4. The lowest BCUT2D eigenvalue weighted by atomic mass is 10.1. The van der Waals surface area contributed by atoms with Gasteiger partial charge in [0.05, 0.1) is 6.04 Å². The number of hydrogen-bond acceptors (Lipinski definition) is 4. The molecule has 2 aromatic rings. The van der Waals surface area contributed by atoms with Crippen LogP contribution in [0.4, 0.5) is 0 Å². The van der Waals surface area contributed by atoms with E-state index in [0.717, 1.165) is 24.5 Å². The molecule has 1 aromatic heterocycles. The molecule has 0 N–H and O–H groups in total. The van der Waals surface area contributed by atoms with Gasteiger partial charge in [0.15, 0.2) is 0 Å². The monoisotopic (exact) mass is 316 g/mol. The smallest absolute Gasteiger partial charge is 0.139 e. The van der Waals surface area contributed by atoms with Crippen molar-refractivity contribution >= 4 is 11.8 Å². The molecular weight excluding hydrogens is 292 g/mol. The van der Waals surface area contributed by atoms with Gasteiger partial charge in [0.1, 0.15) is 11.5 Å². The minimum absolute atomic E-state index is 0.398. The maximum absolute atomic E-state index is 5.49. The van der Waals surface area contributed by atoms with Gasteiger partial charge in [0, 0.05) is 23.4 Å². The summed E-state index contributed by atoms with van der Waals surface area (Å²) < 4.78 is 5.49. The predicted octanol–water partition coefficient (Wildman–Crippen LogP) is 4.86. The number of nitrogens with zero attached hydrogens (tertiary/aromatic N) is 2. The normalized spacial score (nSPS) is 19.2. The minimum Gasteiger partial charge on any atom is -0.361 e. The van der Waals surface area contributed by atoms with Crippen LogP contribution in [-0.2, 0) is 6.54 Å².